The van der Waals surface area contributed by atoms with Gasteiger partial charge in [0.25, 0.3) is 0 Å². The molecule has 1 atom stereocenters. The second-order valence-corrected chi connectivity index (χ2v) is 5.07. The molecule has 0 aromatic carbocycles. The number of carbonyl (C=O) groups excluding carboxylic acids is 1. The molecule has 0 aliphatic heterocycles. The number of halogens is 1. The normalized spacial score (nSPS) is 21.3. The lowest BCUT2D eigenvalue weighted by Crippen LogP contribution is -2.45. The standard InChI is InChI=1S/C12H22ClNO/c1-4-12(7-5-6-8-12)11(15)14(3)10(2)9-13/h10H,4-9H2,1-3H3. The minimum absolute atomic E-state index is 0.0743. The smallest absolute Gasteiger partial charge is 0.228 e. The molecule has 1 aliphatic rings. The van der Waals surface area contributed by atoms with Gasteiger partial charge in [0, 0.05) is 24.4 Å². The van der Waals surface area contributed by atoms with Gasteiger partial charge in [0.1, 0.15) is 0 Å². The van der Waals surface area contributed by atoms with E-state index in [1.165, 1.54) is 12.8 Å². The number of hydrogen-bond acceptors (Lipinski definition) is 1. The first kappa shape index (κ1) is 12.8. The van der Waals surface area contributed by atoms with E-state index < -0.39 is 0 Å². The molecular weight excluding hydrogens is 210 g/mol. The van der Waals surface area contributed by atoms with Crippen molar-refractivity contribution in [2.75, 3.05) is 12.9 Å². The van der Waals surface area contributed by atoms with E-state index in [2.05, 4.69) is 6.92 Å². The molecule has 0 spiro atoms. The summed E-state index contributed by atoms with van der Waals surface area (Å²) in [5.41, 5.74) is -0.0743. The largest absolute Gasteiger partial charge is 0.341 e. The summed E-state index contributed by atoms with van der Waals surface area (Å²) in [6.45, 7) is 4.13. The van der Waals surface area contributed by atoms with Crippen molar-refractivity contribution in [1.29, 1.82) is 0 Å². The summed E-state index contributed by atoms with van der Waals surface area (Å²) in [7, 11) is 1.88. The zero-order valence-electron chi connectivity index (χ0n) is 10.1. The highest BCUT2D eigenvalue weighted by atomic mass is 35.5. The van der Waals surface area contributed by atoms with Gasteiger partial charge in [-0.15, -0.1) is 11.6 Å². The van der Waals surface area contributed by atoms with Gasteiger partial charge in [-0.25, -0.2) is 0 Å². The fourth-order valence-electron chi connectivity index (χ4n) is 2.45. The lowest BCUT2D eigenvalue weighted by Gasteiger charge is -2.34. The lowest BCUT2D eigenvalue weighted by molar-refractivity contribution is -0.142. The molecule has 0 N–H and O–H groups in total. The second kappa shape index (κ2) is 5.20. The van der Waals surface area contributed by atoms with Gasteiger partial charge in [-0.05, 0) is 26.2 Å². The van der Waals surface area contributed by atoms with Crippen molar-refractivity contribution in [1.82, 2.24) is 4.90 Å². The van der Waals surface area contributed by atoms with E-state index in [-0.39, 0.29) is 11.5 Å². The summed E-state index contributed by atoms with van der Waals surface area (Å²) in [4.78, 5) is 14.2. The Labute approximate surface area is 98.0 Å². The van der Waals surface area contributed by atoms with Crippen LogP contribution in [0.15, 0.2) is 0 Å². The van der Waals surface area contributed by atoms with E-state index in [1.807, 2.05) is 18.9 Å². The Morgan fingerprint density at radius 1 is 1.47 bits per heavy atom. The Balaban J connectivity index is 2.72. The van der Waals surface area contributed by atoms with Crippen LogP contribution >= 0.6 is 11.6 Å². The minimum Gasteiger partial charge on any atom is -0.341 e. The van der Waals surface area contributed by atoms with Crippen molar-refractivity contribution in [3.63, 3.8) is 0 Å². The Hall–Kier alpha value is -0.240. The molecule has 1 fully saturated rings. The fourth-order valence-corrected chi connectivity index (χ4v) is 2.66. The number of hydrogen-bond donors (Lipinski definition) is 0. The molecule has 1 saturated carbocycles. The number of nitrogens with zero attached hydrogens (tertiary/aromatic N) is 1. The Bertz CT molecular complexity index is 224. The van der Waals surface area contributed by atoms with Gasteiger partial charge in [-0.3, -0.25) is 4.79 Å². The third-order valence-electron chi connectivity index (χ3n) is 3.90. The first-order valence-electron chi connectivity index (χ1n) is 5.90. The summed E-state index contributed by atoms with van der Waals surface area (Å²) >= 11 is 5.79. The fraction of sp³-hybridized carbons (Fsp3) is 0.917. The van der Waals surface area contributed by atoms with Crippen LogP contribution < -0.4 is 0 Å². The van der Waals surface area contributed by atoms with Crippen LogP contribution in [0.1, 0.15) is 46.0 Å². The van der Waals surface area contributed by atoms with Gasteiger partial charge >= 0.3 is 0 Å². The van der Waals surface area contributed by atoms with Crippen LogP contribution in [-0.4, -0.2) is 29.8 Å². The van der Waals surface area contributed by atoms with Gasteiger partial charge in [-0.1, -0.05) is 19.8 Å². The summed E-state index contributed by atoms with van der Waals surface area (Å²) < 4.78 is 0. The molecule has 88 valence electrons. The quantitative estimate of drug-likeness (QED) is 0.681. The summed E-state index contributed by atoms with van der Waals surface area (Å²) in [6.07, 6.45) is 5.47. The molecule has 3 heteroatoms. The van der Waals surface area contributed by atoms with Crippen LogP contribution in [0.3, 0.4) is 0 Å². The maximum Gasteiger partial charge on any atom is 0.228 e. The summed E-state index contributed by atoms with van der Waals surface area (Å²) in [5, 5.41) is 0. The minimum atomic E-state index is -0.0743. The Morgan fingerprint density at radius 2 is 2.00 bits per heavy atom. The van der Waals surface area contributed by atoms with Crippen molar-refractivity contribution in [2.24, 2.45) is 5.41 Å². The highest BCUT2D eigenvalue weighted by Crippen LogP contribution is 2.42. The average Bonchev–Trinajstić information content (AvgIpc) is 2.75. The number of rotatable bonds is 4. The molecule has 0 saturated heterocycles. The van der Waals surface area contributed by atoms with Crippen LogP contribution in [0.5, 0.6) is 0 Å². The Kier molecular flexibility index (Phi) is 4.45. The summed E-state index contributed by atoms with van der Waals surface area (Å²) in [6, 6.07) is 0.142. The third kappa shape index (κ3) is 2.47. The topological polar surface area (TPSA) is 20.3 Å². The molecule has 0 bridgehead atoms. The zero-order valence-corrected chi connectivity index (χ0v) is 10.8. The molecule has 0 aromatic heterocycles. The van der Waals surface area contributed by atoms with Crippen LogP contribution in [-0.2, 0) is 4.79 Å². The van der Waals surface area contributed by atoms with Gasteiger partial charge in [0.15, 0.2) is 0 Å². The maximum absolute atomic E-state index is 12.4. The van der Waals surface area contributed by atoms with E-state index in [9.17, 15) is 4.79 Å². The van der Waals surface area contributed by atoms with E-state index in [0.29, 0.717) is 11.8 Å². The molecule has 1 amide bonds. The van der Waals surface area contributed by atoms with E-state index in [1.54, 1.807) is 0 Å². The second-order valence-electron chi connectivity index (χ2n) is 4.76. The first-order chi connectivity index (χ1) is 7.07. The molecule has 0 aromatic rings. The van der Waals surface area contributed by atoms with Crippen LogP contribution in [0.4, 0.5) is 0 Å². The zero-order chi connectivity index (χ0) is 11.5. The Morgan fingerprint density at radius 3 is 2.40 bits per heavy atom. The highest BCUT2D eigenvalue weighted by molar-refractivity contribution is 6.18. The molecule has 1 aliphatic carbocycles. The molecule has 0 radical (unpaired) electrons. The SMILES string of the molecule is CCC1(C(=O)N(C)C(C)CCl)CCCC1. The average molecular weight is 232 g/mol. The monoisotopic (exact) mass is 231 g/mol. The van der Waals surface area contributed by atoms with Crippen molar-refractivity contribution < 1.29 is 4.79 Å². The highest BCUT2D eigenvalue weighted by Gasteiger charge is 2.41. The molecule has 1 unspecified atom stereocenters. The van der Waals surface area contributed by atoms with E-state index in [4.69, 9.17) is 11.6 Å². The maximum atomic E-state index is 12.4. The van der Waals surface area contributed by atoms with Crippen LogP contribution in [0.2, 0.25) is 0 Å². The number of amides is 1. The molecular formula is C12H22ClNO. The summed E-state index contributed by atoms with van der Waals surface area (Å²) in [5.74, 6) is 0.817. The van der Waals surface area contributed by atoms with Crippen molar-refractivity contribution in [2.45, 2.75) is 52.0 Å². The molecule has 0 heterocycles. The van der Waals surface area contributed by atoms with Gasteiger partial charge in [-0.2, -0.15) is 0 Å². The van der Waals surface area contributed by atoms with Gasteiger partial charge in [0.05, 0.1) is 0 Å². The van der Waals surface area contributed by atoms with Crippen molar-refractivity contribution in [3.05, 3.63) is 0 Å². The van der Waals surface area contributed by atoms with Crippen molar-refractivity contribution >= 4 is 17.5 Å². The molecule has 1 rings (SSSR count). The van der Waals surface area contributed by atoms with Crippen molar-refractivity contribution in [3.8, 4) is 0 Å². The van der Waals surface area contributed by atoms with E-state index >= 15 is 0 Å². The number of carbonyl (C=O) groups is 1. The van der Waals surface area contributed by atoms with Gasteiger partial charge < -0.3 is 4.90 Å². The third-order valence-corrected chi connectivity index (χ3v) is 4.34. The molecule has 15 heavy (non-hydrogen) atoms. The predicted octanol–water partition coefficient (Wildman–Crippen LogP) is 3.04. The lowest BCUT2D eigenvalue weighted by atomic mass is 9.81. The molecule has 2 nitrogen and oxygen atoms in total. The number of alkyl halides is 1. The first-order valence-corrected chi connectivity index (χ1v) is 6.44. The predicted molar refractivity (Wildman–Crippen MR) is 64.1 cm³/mol. The van der Waals surface area contributed by atoms with Crippen LogP contribution in [0.25, 0.3) is 0 Å². The van der Waals surface area contributed by atoms with Crippen LogP contribution in [0, 0.1) is 5.41 Å². The van der Waals surface area contributed by atoms with E-state index in [0.717, 1.165) is 19.3 Å². The van der Waals surface area contributed by atoms with Gasteiger partial charge in [0.2, 0.25) is 5.91 Å².